The van der Waals surface area contributed by atoms with Crippen LogP contribution in [0.2, 0.25) is 0 Å². The van der Waals surface area contributed by atoms with Gasteiger partial charge >= 0.3 is 0 Å². The summed E-state index contributed by atoms with van der Waals surface area (Å²) in [7, 11) is 0. The molecule has 0 aliphatic carbocycles. The highest BCUT2D eigenvalue weighted by Gasteiger charge is 2.73. The van der Waals surface area contributed by atoms with Crippen molar-refractivity contribution < 1.29 is 24.2 Å². The monoisotopic (exact) mass is 595 g/mol. The van der Waals surface area contributed by atoms with Crippen LogP contribution < -0.4 is 9.64 Å². The Morgan fingerprint density at radius 3 is 2.33 bits per heavy atom. The summed E-state index contributed by atoms with van der Waals surface area (Å²) in [5.74, 6) is -0.673. The van der Waals surface area contributed by atoms with Gasteiger partial charge in [-0.2, -0.15) is 0 Å². The van der Waals surface area contributed by atoms with Gasteiger partial charge in [0.05, 0.1) is 23.2 Å². The van der Waals surface area contributed by atoms with Crippen molar-refractivity contribution in [2.24, 2.45) is 11.8 Å². The maximum atomic E-state index is 14.5. The van der Waals surface area contributed by atoms with Crippen LogP contribution in [0, 0.1) is 11.8 Å². The van der Waals surface area contributed by atoms with Gasteiger partial charge in [-0.15, -0.1) is 11.8 Å². The number of aliphatic hydroxyl groups is 1. The summed E-state index contributed by atoms with van der Waals surface area (Å²) in [6, 6.07) is 6.90. The van der Waals surface area contributed by atoms with E-state index in [-0.39, 0.29) is 24.3 Å². The van der Waals surface area contributed by atoms with Gasteiger partial charge in [-0.05, 0) is 57.4 Å². The zero-order valence-electron chi connectivity index (χ0n) is 25.2. The fraction of sp³-hybridized carbons (Fsp3) is 0.606. The number of aliphatic hydroxyl groups excluding tert-OH is 1. The molecule has 2 fully saturated rings. The Morgan fingerprint density at radius 2 is 1.62 bits per heavy atom. The molecule has 4 heterocycles. The van der Waals surface area contributed by atoms with Crippen molar-refractivity contribution >= 4 is 35.2 Å². The normalized spacial score (nSPS) is 30.3. The molecule has 1 aromatic carbocycles. The number of nitrogens with zero attached hydrogens (tertiary/aromatic N) is 3. The molecule has 42 heavy (non-hydrogen) atoms. The lowest BCUT2D eigenvalue weighted by Gasteiger charge is -2.37. The number of ether oxygens (including phenoxy) is 1. The molecule has 9 heteroatoms. The van der Waals surface area contributed by atoms with Gasteiger partial charge in [0.15, 0.2) is 0 Å². The first kappa shape index (κ1) is 30.7. The second-order valence-corrected chi connectivity index (χ2v) is 13.8. The summed E-state index contributed by atoms with van der Waals surface area (Å²) in [6.45, 7) is 8.91. The number of amides is 3. The molecule has 4 aliphatic heterocycles. The van der Waals surface area contributed by atoms with Crippen molar-refractivity contribution in [2.75, 3.05) is 44.3 Å². The fourth-order valence-corrected chi connectivity index (χ4v) is 9.38. The van der Waals surface area contributed by atoms with Crippen LogP contribution in [0.1, 0.15) is 59.3 Å². The van der Waals surface area contributed by atoms with Crippen molar-refractivity contribution in [2.45, 2.75) is 74.8 Å². The number of hydrogen-bond donors (Lipinski definition) is 1. The van der Waals surface area contributed by atoms with Crippen molar-refractivity contribution in [3.63, 3.8) is 0 Å². The van der Waals surface area contributed by atoms with Gasteiger partial charge in [0, 0.05) is 43.2 Å². The second kappa shape index (κ2) is 12.8. The van der Waals surface area contributed by atoms with Crippen molar-refractivity contribution in [3.05, 3.63) is 48.6 Å². The van der Waals surface area contributed by atoms with Gasteiger partial charge in [0.25, 0.3) is 0 Å². The highest BCUT2D eigenvalue weighted by Crippen LogP contribution is 2.65. The summed E-state index contributed by atoms with van der Waals surface area (Å²) in [4.78, 5) is 48.8. The maximum Gasteiger partial charge on any atom is 0.247 e. The third kappa shape index (κ3) is 5.39. The lowest BCUT2D eigenvalue weighted by Crippen LogP contribution is -2.53. The first-order valence-electron chi connectivity index (χ1n) is 15.6. The molecule has 3 amide bonds. The van der Waals surface area contributed by atoms with E-state index in [0.717, 1.165) is 50.0 Å². The van der Waals surface area contributed by atoms with Gasteiger partial charge in [-0.25, -0.2) is 0 Å². The molecule has 1 aromatic rings. The van der Waals surface area contributed by atoms with E-state index in [2.05, 4.69) is 32.1 Å². The molecule has 0 radical (unpaired) electrons. The fourth-order valence-electron chi connectivity index (χ4n) is 7.23. The van der Waals surface area contributed by atoms with Crippen LogP contribution in [-0.4, -0.2) is 87.6 Å². The summed E-state index contributed by atoms with van der Waals surface area (Å²) < 4.78 is 4.16. The van der Waals surface area contributed by atoms with Gasteiger partial charge in [0.1, 0.15) is 11.8 Å². The molecule has 2 saturated heterocycles. The quantitative estimate of drug-likeness (QED) is 0.284. The zero-order valence-corrected chi connectivity index (χ0v) is 26.0. The van der Waals surface area contributed by atoms with E-state index in [1.54, 1.807) is 21.6 Å². The molecule has 1 spiro atoms. The van der Waals surface area contributed by atoms with E-state index in [9.17, 15) is 19.5 Å². The third-order valence-corrected chi connectivity index (χ3v) is 11.0. The van der Waals surface area contributed by atoms with Crippen LogP contribution in [0.3, 0.4) is 0 Å². The Labute approximate surface area is 254 Å². The van der Waals surface area contributed by atoms with Crippen molar-refractivity contribution in [1.29, 1.82) is 0 Å². The Morgan fingerprint density at radius 1 is 0.881 bits per heavy atom. The Hall–Kier alpha value is -2.78. The summed E-state index contributed by atoms with van der Waals surface area (Å²) in [5, 5.41) is 9.20. The smallest absolute Gasteiger partial charge is 0.247 e. The van der Waals surface area contributed by atoms with Gasteiger partial charge in [-0.1, -0.05) is 50.5 Å². The summed E-state index contributed by atoms with van der Waals surface area (Å²) in [5.41, 5.74) is 0.768. The highest BCUT2D eigenvalue weighted by atomic mass is 32.2. The van der Waals surface area contributed by atoms with E-state index in [0.29, 0.717) is 32.8 Å². The van der Waals surface area contributed by atoms with Gasteiger partial charge < -0.3 is 24.5 Å². The number of fused-ring (bicyclic) bond motifs is 2. The molecule has 0 bridgehead atoms. The third-order valence-electron chi connectivity index (χ3n) is 9.19. The number of rotatable bonds is 12. The number of benzene rings is 1. The highest BCUT2D eigenvalue weighted by molar-refractivity contribution is 8.02. The van der Waals surface area contributed by atoms with E-state index in [1.165, 1.54) is 0 Å². The van der Waals surface area contributed by atoms with E-state index < -0.39 is 27.4 Å². The molecule has 5 rings (SSSR count). The van der Waals surface area contributed by atoms with Gasteiger partial charge in [0.2, 0.25) is 17.7 Å². The van der Waals surface area contributed by atoms with Crippen LogP contribution in [0.5, 0.6) is 5.75 Å². The minimum absolute atomic E-state index is 0.00739. The average Bonchev–Trinajstić information content (AvgIpc) is 3.24. The molecule has 0 aromatic heterocycles. The summed E-state index contributed by atoms with van der Waals surface area (Å²) in [6.07, 6.45) is 13.4. The van der Waals surface area contributed by atoms with Crippen molar-refractivity contribution in [1.82, 2.24) is 9.80 Å². The standard InChI is InChI=1S/C33H45N3O5S/c1-4-6-19-34-20-12-18-33-27(30(39)36(28(33)31(34)40)21-9-7-8-10-23-37)26-29(38)35(22-11-17-32(26,3)42-33)24-13-15-25(16-14-24)41-5-2/h11-18,26-28,37H,4-10,19-23H2,1-3H3/t26-,27-,28?,32+,33-/m0/s1. The number of unbranched alkanes of at least 4 members (excludes halogenated alkanes) is 4. The number of thioether (sulfide) groups is 1. The Kier molecular flexibility index (Phi) is 9.38. The van der Waals surface area contributed by atoms with E-state index in [4.69, 9.17) is 4.74 Å². The van der Waals surface area contributed by atoms with Crippen LogP contribution >= 0.6 is 11.8 Å². The Bertz CT molecular complexity index is 1220. The van der Waals surface area contributed by atoms with Crippen LogP contribution in [-0.2, 0) is 14.4 Å². The minimum Gasteiger partial charge on any atom is -0.494 e. The number of hydrogen-bond acceptors (Lipinski definition) is 6. The summed E-state index contributed by atoms with van der Waals surface area (Å²) >= 11 is 1.64. The topological polar surface area (TPSA) is 90.4 Å². The largest absolute Gasteiger partial charge is 0.494 e. The number of likely N-dealkylation sites (tertiary alicyclic amines) is 1. The van der Waals surface area contributed by atoms with E-state index in [1.807, 2.05) is 42.2 Å². The molecular formula is C33H45N3O5S. The number of anilines is 1. The lowest BCUT2D eigenvalue weighted by molar-refractivity contribution is -0.142. The first-order chi connectivity index (χ1) is 20.3. The van der Waals surface area contributed by atoms with Crippen LogP contribution in [0.15, 0.2) is 48.6 Å². The number of carbonyl (C=O) groups is 3. The molecular weight excluding hydrogens is 550 g/mol. The van der Waals surface area contributed by atoms with Crippen molar-refractivity contribution in [3.8, 4) is 5.75 Å². The predicted molar refractivity (Wildman–Crippen MR) is 166 cm³/mol. The van der Waals surface area contributed by atoms with Gasteiger partial charge in [-0.3, -0.25) is 14.4 Å². The molecule has 5 atom stereocenters. The molecule has 1 unspecified atom stereocenters. The van der Waals surface area contributed by atoms with Crippen LogP contribution in [0.25, 0.3) is 0 Å². The predicted octanol–water partition coefficient (Wildman–Crippen LogP) is 4.43. The molecule has 1 N–H and O–H groups in total. The minimum atomic E-state index is -0.818. The second-order valence-electron chi connectivity index (χ2n) is 12.0. The molecule has 0 saturated carbocycles. The van der Waals surface area contributed by atoms with Crippen LogP contribution in [0.4, 0.5) is 5.69 Å². The SMILES string of the molecule is CCCCN1CC=C[C@]23S[C@]4(C)C=CCN(c5ccc(OCC)cc5)C(=O)[C@@H]4[C@H]2C(=O)N(CCCCCCO)C3C1=O. The lowest BCUT2D eigenvalue weighted by atomic mass is 9.74. The molecule has 228 valence electrons. The first-order valence-corrected chi connectivity index (χ1v) is 16.4. The Balaban J connectivity index is 1.52. The van der Waals surface area contributed by atoms with E-state index >= 15 is 0 Å². The molecule has 4 aliphatic rings. The maximum absolute atomic E-state index is 14.5. The number of carbonyl (C=O) groups excluding carboxylic acids is 3. The molecule has 8 nitrogen and oxygen atoms in total. The average molecular weight is 596 g/mol. The zero-order chi connectivity index (χ0) is 29.9.